The van der Waals surface area contributed by atoms with Gasteiger partial charge < -0.3 is 10.1 Å². The Kier molecular flexibility index (Phi) is 4.77. The molecule has 0 bridgehead atoms. The van der Waals surface area contributed by atoms with Crippen molar-refractivity contribution < 1.29 is 4.74 Å². The van der Waals surface area contributed by atoms with Gasteiger partial charge in [-0.1, -0.05) is 6.08 Å². The first kappa shape index (κ1) is 8.95. The predicted octanol–water partition coefficient (Wildman–Crippen LogP) is 0.583. The summed E-state index contributed by atoms with van der Waals surface area (Å²) in [6, 6.07) is 0.378. The standard InChI is InChI=1S/C6H11NO.ClH/c1-2-6-5-8-4-3-7-6;/h2,6-7H,1,3-5H2;1H. The van der Waals surface area contributed by atoms with Crippen molar-refractivity contribution in [1.29, 1.82) is 0 Å². The summed E-state index contributed by atoms with van der Waals surface area (Å²) in [6.07, 6.45) is 1.87. The summed E-state index contributed by atoms with van der Waals surface area (Å²) < 4.78 is 5.14. The van der Waals surface area contributed by atoms with E-state index in [9.17, 15) is 0 Å². The maximum atomic E-state index is 5.14. The summed E-state index contributed by atoms with van der Waals surface area (Å²) in [7, 11) is 0. The minimum atomic E-state index is 0. The van der Waals surface area contributed by atoms with Gasteiger partial charge in [0.1, 0.15) is 0 Å². The van der Waals surface area contributed by atoms with Gasteiger partial charge in [0.2, 0.25) is 0 Å². The predicted molar refractivity (Wildman–Crippen MR) is 40.1 cm³/mol. The molecule has 0 aromatic rings. The minimum Gasteiger partial charge on any atom is -0.378 e. The Hall–Kier alpha value is -0.0500. The molecular formula is C6H12ClNO. The van der Waals surface area contributed by atoms with Gasteiger partial charge in [0.25, 0.3) is 0 Å². The molecule has 0 aromatic carbocycles. The van der Waals surface area contributed by atoms with Gasteiger partial charge in [-0.25, -0.2) is 0 Å². The van der Waals surface area contributed by atoms with Gasteiger partial charge >= 0.3 is 0 Å². The summed E-state index contributed by atoms with van der Waals surface area (Å²) in [5, 5.41) is 3.23. The second kappa shape index (κ2) is 4.79. The fourth-order valence-corrected chi connectivity index (χ4v) is 0.737. The van der Waals surface area contributed by atoms with E-state index in [2.05, 4.69) is 11.9 Å². The van der Waals surface area contributed by atoms with E-state index in [4.69, 9.17) is 4.74 Å². The zero-order valence-corrected chi connectivity index (χ0v) is 6.12. The third-order valence-electron chi connectivity index (χ3n) is 1.23. The SMILES string of the molecule is C=CC1COCCN1.Cl. The van der Waals surface area contributed by atoms with Crippen LogP contribution in [0.1, 0.15) is 0 Å². The molecule has 1 aliphatic heterocycles. The summed E-state index contributed by atoms with van der Waals surface area (Å²) in [6.45, 7) is 6.22. The monoisotopic (exact) mass is 149 g/mol. The van der Waals surface area contributed by atoms with E-state index in [1.807, 2.05) is 6.08 Å². The topological polar surface area (TPSA) is 21.3 Å². The van der Waals surface area contributed by atoms with E-state index < -0.39 is 0 Å². The molecule has 0 radical (unpaired) electrons. The van der Waals surface area contributed by atoms with Crippen LogP contribution in [0.2, 0.25) is 0 Å². The second-order valence-corrected chi connectivity index (χ2v) is 1.87. The lowest BCUT2D eigenvalue weighted by Gasteiger charge is -2.19. The van der Waals surface area contributed by atoms with Crippen molar-refractivity contribution in [3.05, 3.63) is 12.7 Å². The summed E-state index contributed by atoms with van der Waals surface area (Å²) >= 11 is 0. The maximum Gasteiger partial charge on any atom is 0.0656 e. The molecule has 1 N–H and O–H groups in total. The largest absolute Gasteiger partial charge is 0.378 e. The summed E-state index contributed by atoms with van der Waals surface area (Å²) in [5.41, 5.74) is 0. The molecule has 9 heavy (non-hydrogen) atoms. The van der Waals surface area contributed by atoms with Gasteiger partial charge in [-0.3, -0.25) is 0 Å². The number of morpholine rings is 1. The van der Waals surface area contributed by atoms with Crippen LogP contribution < -0.4 is 5.32 Å². The van der Waals surface area contributed by atoms with Crippen molar-refractivity contribution in [1.82, 2.24) is 5.32 Å². The highest BCUT2D eigenvalue weighted by molar-refractivity contribution is 5.85. The second-order valence-electron chi connectivity index (χ2n) is 1.87. The smallest absolute Gasteiger partial charge is 0.0656 e. The Morgan fingerprint density at radius 3 is 2.78 bits per heavy atom. The summed E-state index contributed by atoms with van der Waals surface area (Å²) in [5.74, 6) is 0. The fraction of sp³-hybridized carbons (Fsp3) is 0.667. The quantitative estimate of drug-likeness (QED) is 0.551. The van der Waals surface area contributed by atoms with Crippen LogP contribution in [0.3, 0.4) is 0 Å². The Morgan fingerprint density at radius 2 is 2.44 bits per heavy atom. The molecular weight excluding hydrogens is 138 g/mol. The van der Waals surface area contributed by atoms with Crippen LogP contribution in [0, 0.1) is 0 Å². The molecule has 3 heteroatoms. The third-order valence-corrected chi connectivity index (χ3v) is 1.23. The molecule has 1 unspecified atom stereocenters. The first-order chi connectivity index (χ1) is 3.93. The molecule has 1 fully saturated rings. The van der Waals surface area contributed by atoms with Gasteiger partial charge in [-0.15, -0.1) is 19.0 Å². The number of hydrogen-bond acceptors (Lipinski definition) is 2. The highest BCUT2D eigenvalue weighted by Gasteiger charge is 2.06. The molecule has 1 heterocycles. The molecule has 1 saturated heterocycles. The average molecular weight is 150 g/mol. The van der Waals surface area contributed by atoms with Gasteiger partial charge in [0.05, 0.1) is 13.2 Å². The zero-order chi connectivity index (χ0) is 5.82. The molecule has 0 saturated carbocycles. The van der Waals surface area contributed by atoms with Crippen LogP contribution in [0.15, 0.2) is 12.7 Å². The van der Waals surface area contributed by atoms with Crippen molar-refractivity contribution in [3.63, 3.8) is 0 Å². The molecule has 0 spiro atoms. The van der Waals surface area contributed by atoms with Crippen molar-refractivity contribution in [2.24, 2.45) is 0 Å². The molecule has 1 aliphatic rings. The van der Waals surface area contributed by atoms with E-state index >= 15 is 0 Å². The number of nitrogens with one attached hydrogen (secondary N) is 1. The Balaban J connectivity index is 0.000000640. The average Bonchev–Trinajstić information content (AvgIpc) is 1.90. The molecule has 2 nitrogen and oxygen atoms in total. The first-order valence-corrected chi connectivity index (χ1v) is 2.87. The number of hydrogen-bond donors (Lipinski definition) is 1. The normalized spacial score (nSPS) is 26.4. The van der Waals surface area contributed by atoms with Gasteiger partial charge in [0, 0.05) is 12.6 Å². The van der Waals surface area contributed by atoms with Crippen molar-refractivity contribution in [3.8, 4) is 0 Å². The van der Waals surface area contributed by atoms with Crippen molar-refractivity contribution >= 4 is 12.4 Å². The Bertz CT molecular complexity index is 81.1. The highest BCUT2D eigenvalue weighted by Crippen LogP contribution is 1.91. The van der Waals surface area contributed by atoms with Gasteiger partial charge in [-0.05, 0) is 0 Å². The Morgan fingerprint density at radius 1 is 1.67 bits per heavy atom. The van der Waals surface area contributed by atoms with Crippen LogP contribution in [-0.2, 0) is 4.74 Å². The van der Waals surface area contributed by atoms with E-state index in [1.165, 1.54) is 0 Å². The molecule has 0 aromatic heterocycles. The number of halogens is 1. The number of rotatable bonds is 1. The lowest BCUT2D eigenvalue weighted by atomic mass is 10.3. The van der Waals surface area contributed by atoms with Crippen LogP contribution in [0.25, 0.3) is 0 Å². The molecule has 1 rings (SSSR count). The fourth-order valence-electron chi connectivity index (χ4n) is 0.737. The minimum absolute atomic E-state index is 0. The molecule has 54 valence electrons. The molecule has 0 amide bonds. The third kappa shape index (κ3) is 2.84. The Labute approximate surface area is 61.7 Å². The van der Waals surface area contributed by atoms with E-state index in [1.54, 1.807) is 0 Å². The highest BCUT2D eigenvalue weighted by atomic mass is 35.5. The van der Waals surface area contributed by atoms with Gasteiger partial charge in [0.15, 0.2) is 0 Å². The molecule has 1 atom stereocenters. The first-order valence-electron chi connectivity index (χ1n) is 2.87. The van der Waals surface area contributed by atoms with E-state index in [0.29, 0.717) is 6.04 Å². The van der Waals surface area contributed by atoms with E-state index in [-0.39, 0.29) is 12.4 Å². The lowest BCUT2D eigenvalue weighted by Crippen LogP contribution is -2.39. The van der Waals surface area contributed by atoms with Crippen LogP contribution in [-0.4, -0.2) is 25.8 Å². The summed E-state index contributed by atoms with van der Waals surface area (Å²) in [4.78, 5) is 0. The lowest BCUT2D eigenvalue weighted by molar-refractivity contribution is 0.0902. The zero-order valence-electron chi connectivity index (χ0n) is 5.30. The number of ether oxygens (including phenoxy) is 1. The van der Waals surface area contributed by atoms with Crippen LogP contribution in [0.4, 0.5) is 0 Å². The maximum absolute atomic E-state index is 5.14. The van der Waals surface area contributed by atoms with Crippen molar-refractivity contribution in [2.75, 3.05) is 19.8 Å². The van der Waals surface area contributed by atoms with Crippen molar-refractivity contribution in [2.45, 2.75) is 6.04 Å². The molecule has 0 aliphatic carbocycles. The van der Waals surface area contributed by atoms with Gasteiger partial charge in [-0.2, -0.15) is 0 Å². The van der Waals surface area contributed by atoms with Crippen LogP contribution >= 0.6 is 12.4 Å². The van der Waals surface area contributed by atoms with Crippen LogP contribution in [0.5, 0.6) is 0 Å². The van der Waals surface area contributed by atoms with E-state index in [0.717, 1.165) is 19.8 Å².